The van der Waals surface area contributed by atoms with Crippen molar-refractivity contribution in [3.05, 3.63) is 51.2 Å². The van der Waals surface area contributed by atoms with E-state index in [1.807, 2.05) is 20.8 Å². The number of hydrogen-bond acceptors (Lipinski definition) is 4. The molecule has 1 aliphatic rings. The van der Waals surface area contributed by atoms with Gasteiger partial charge in [0.1, 0.15) is 16.6 Å². The minimum absolute atomic E-state index is 0.0769. The molecule has 25 heavy (non-hydrogen) atoms. The zero-order chi connectivity index (χ0) is 18.2. The smallest absolute Gasteiger partial charge is 0.288 e. The number of benzene rings is 1. The first-order chi connectivity index (χ1) is 11.8. The van der Waals surface area contributed by atoms with Gasteiger partial charge >= 0.3 is 0 Å². The van der Waals surface area contributed by atoms with Crippen molar-refractivity contribution in [3.8, 4) is 5.75 Å². The molecule has 0 saturated carbocycles. The zero-order valence-electron chi connectivity index (χ0n) is 14.5. The van der Waals surface area contributed by atoms with E-state index in [0.717, 1.165) is 12.8 Å². The SMILES string of the molecule is CC(C)(C)n1ncc(N[C@@H]2CCCOc3ccc(F)cc32)c(Cl)c1=O. The van der Waals surface area contributed by atoms with E-state index in [2.05, 4.69) is 10.4 Å². The number of anilines is 1. The number of fused-ring (bicyclic) bond motifs is 1. The summed E-state index contributed by atoms with van der Waals surface area (Å²) < 4.78 is 20.7. The first-order valence-corrected chi connectivity index (χ1v) is 8.62. The maximum absolute atomic E-state index is 13.7. The van der Waals surface area contributed by atoms with Gasteiger partial charge < -0.3 is 10.1 Å². The molecule has 1 N–H and O–H groups in total. The molecular weight excluding hydrogens is 345 g/mol. The highest BCUT2D eigenvalue weighted by atomic mass is 35.5. The van der Waals surface area contributed by atoms with Gasteiger partial charge in [0.15, 0.2) is 0 Å². The van der Waals surface area contributed by atoms with Crippen LogP contribution in [0.1, 0.15) is 45.2 Å². The van der Waals surface area contributed by atoms with Crippen LogP contribution in [0.4, 0.5) is 10.1 Å². The molecule has 0 unspecified atom stereocenters. The summed E-state index contributed by atoms with van der Waals surface area (Å²) in [5.74, 6) is 0.312. The van der Waals surface area contributed by atoms with Crippen LogP contribution in [0.25, 0.3) is 0 Å². The van der Waals surface area contributed by atoms with Gasteiger partial charge in [-0.05, 0) is 51.8 Å². The van der Waals surface area contributed by atoms with Gasteiger partial charge in [-0.2, -0.15) is 5.10 Å². The van der Waals surface area contributed by atoms with Gasteiger partial charge in [-0.25, -0.2) is 9.07 Å². The average Bonchev–Trinajstić information content (AvgIpc) is 2.73. The lowest BCUT2D eigenvalue weighted by Crippen LogP contribution is -2.36. The third-order valence-electron chi connectivity index (χ3n) is 4.13. The highest BCUT2D eigenvalue weighted by Gasteiger charge is 2.24. The van der Waals surface area contributed by atoms with Gasteiger partial charge in [0.05, 0.1) is 30.1 Å². The van der Waals surface area contributed by atoms with Crippen LogP contribution in [0.3, 0.4) is 0 Å². The Kier molecular flexibility index (Phi) is 4.73. The Morgan fingerprint density at radius 1 is 1.40 bits per heavy atom. The van der Waals surface area contributed by atoms with Gasteiger partial charge in [-0.15, -0.1) is 0 Å². The number of ether oxygens (including phenoxy) is 1. The van der Waals surface area contributed by atoms with Gasteiger partial charge in [0.2, 0.25) is 0 Å². The second-order valence-corrected chi connectivity index (χ2v) is 7.51. The summed E-state index contributed by atoms with van der Waals surface area (Å²) in [6, 6.07) is 4.25. The van der Waals surface area contributed by atoms with Crippen LogP contribution in [0.5, 0.6) is 5.75 Å². The Balaban J connectivity index is 1.97. The summed E-state index contributed by atoms with van der Waals surface area (Å²) in [7, 11) is 0. The number of halogens is 2. The summed E-state index contributed by atoms with van der Waals surface area (Å²) in [5, 5.41) is 7.54. The Labute approximate surface area is 150 Å². The topological polar surface area (TPSA) is 56.1 Å². The summed E-state index contributed by atoms with van der Waals surface area (Å²) in [6.07, 6.45) is 3.08. The van der Waals surface area contributed by atoms with E-state index < -0.39 is 5.54 Å². The van der Waals surface area contributed by atoms with Crippen molar-refractivity contribution in [1.29, 1.82) is 0 Å². The van der Waals surface area contributed by atoms with Crippen molar-refractivity contribution >= 4 is 17.3 Å². The minimum Gasteiger partial charge on any atom is -0.493 e. The average molecular weight is 366 g/mol. The fourth-order valence-corrected chi connectivity index (χ4v) is 3.08. The molecule has 0 aliphatic carbocycles. The lowest BCUT2D eigenvalue weighted by atomic mass is 10.0. The lowest BCUT2D eigenvalue weighted by molar-refractivity contribution is 0.316. The lowest BCUT2D eigenvalue weighted by Gasteiger charge is -2.23. The van der Waals surface area contributed by atoms with Crippen LogP contribution in [0, 0.1) is 5.82 Å². The van der Waals surface area contributed by atoms with Crippen molar-refractivity contribution in [2.24, 2.45) is 0 Å². The quantitative estimate of drug-likeness (QED) is 0.869. The Morgan fingerprint density at radius 2 is 2.16 bits per heavy atom. The van der Waals surface area contributed by atoms with Crippen molar-refractivity contribution in [3.63, 3.8) is 0 Å². The van der Waals surface area contributed by atoms with Crippen LogP contribution in [-0.2, 0) is 5.54 Å². The predicted molar refractivity (Wildman–Crippen MR) is 96.0 cm³/mol. The van der Waals surface area contributed by atoms with E-state index in [0.29, 0.717) is 23.6 Å². The van der Waals surface area contributed by atoms with Crippen LogP contribution in [0.2, 0.25) is 5.02 Å². The first kappa shape index (κ1) is 17.7. The van der Waals surface area contributed by atoms with E-state index in [4.69, 9.17) is 16.3 Å². The largest absolute Gasteiger partial charge is 0.493 e. The molecule has 134 valence electrons. The van der Waals surface area contributed by atoms with E-state index >= 15 is 0 Å². The summed E-state index contributed by atoms with van der Waals surface area (Å²) in [5.41, 5.74) is 0.330. The molecular formula is C18H21ClFN3O2. The Hall–Kier alpha value is -2.08. The fraction of sp³-hybridized carbons (Fsp3) is 0.444. The van der Waals surface area contributed by atoms with Crippen LogP contribution in [0.15, 0.2) is 29.2 Å². The molecule has 0 bridgehead atoms. The number of nitrogens with zero attached hydrogens (tertiary/aromatic N) is 2. The maximum atomic E-state index is 13.7. The molecule has 0 amide bonds. The molecule has 0 saturated heterocycles. The molecule has 0 spiro atoms. The van der Waals surface area contributed by atoms with Crippen molar-refractivity contribution < 1.29 is 9.13 Å². The van der Waals surface area contributed by atoms with E-state index in [1.165, 1.54) is 16.8 Å². The molecule has 7 heteroatoms. The molecule has 0 fully saturated rings. The molecule has 1 atom stereocenters. The summed E-state index contributed by atoms with van der Waals surface area (Å²) in [6.45, 7) is 6.21. The molecule has 5 nitrogen and oxygen atoms in total. The zero-order valence-corrected chi connectivity index (χ0v) is 15.2. The second-order valence-electron chi connectivity index (χ2n) is 7.13. The normalized spacial score (nSPS) is 17.4. The van der Waals surface area contributed by atoms with Crippen molar-refractivity contribution in [2.75, 3.05) is 11.9 Å². The third kappa shape index (κ3) is 3.63. The van der Waals surface area contributed by atoms with Gasteiger partial charge in [0, 0.05) is 5.56 Å². The van der Waals surface area contributed by atoms with Crippen molar-refractivity contribution in [2.45, 2.75) is 45.2 Å². The van der Waals surface area contributed by atoms with E-state index in [1.54, 1.807) is 12.3 Å². The maximum Gasteiger partial charge on any atom is 0.288 e. The molecule has 1 aliphatic heterocycles. The Bertz CT molecular complexity index is 845. The van der Waals surface area contributed by atoms with Crippen LogP contribution in [-0.4, -0.2) is 16.4 Å². The number of aromatic nitrogens is 2. The third-order valence-corrected chi connectivity index (χ3v) is 4.49. The Morgan fingerprint density at radius 3 is 2.88 bits per heavy atom. The molecule has 0 radical (unpaired) electrons. The molecule has 2 heterocycles. The number of nitrogens with one attached hydrogen (secondary N) is 1. The standard InChI is InChI=1S/C18H21ClFN3O2/c1-18(2,3)23-17(24)16(19)14(10-21-23)22-13-5-4-8-25-15-7-6-11(20)9-12(13)15/h6-7,9-10,13,22H,4-5,8H2,1-3H3/t13-/m1/s1. The summed E-state index contributed by atoms with van der Waals surface area (Å²) in [4.78, 5) is 12.5. The first-order valence-electron chi connectivity index (χ1n) is 8.24. The predicted octanol–water partition coefficient (Wildman–Crippen LogP) is 4.12. The second kappa shape index (κ2) is 6.67. The van der Waals surface area contributed by atoms with E-state index in [9.17, 15) is 9.18 Å². The number of rotatable bonds is 2. The van der Waals surface area contributed by atoms with Crippen LogP contribution < -0.4 is 15.6 Å². The monoisotopic (exact) mass is 365 g/mol. The highest BCUT2D eigenvalue weighted by molar-refractivity contribution is 6.32. The fourth-order valence-electron chi connectivity index (χ4n) is 2.90. The van der Waals surface area contributed by atoms with Crippen LogP contribution >= 0.6 is 11.6 Å². The van der Waals surface area contributed by atoms with Crippen molar-refractivity contribution in [1.82, 2.24) is 9.78 Å². The molecule has 3 rings (SSSR count). The summed E-state index contributed by atoms with van der Waals surface area (Å²) >= 11 is 6.28. The van der Waals surface area contributed by atoms with E-state index in [-0.39, 0.29) is 22.4 Å². The molecule has 1 aromatic heterocycles. The van der Waals surface area contributed by atoms with Gasteiger partial charge in [-0.1, -0.05) is 11.6 Å². The molecule has 2 aromatic rings. The number of hydrogen-bond donors (Lipinski definition) is 1. The highest BCUT2D eigenvalue weighted by Crippen LogP contribution is 2.35. The van der Waals surface area contributed by atoms with Gasteiger partial charge in [-0.3, -0.25) is 4.79 Å². The molecule has 1 aromatic carbocycles. The van der Waals surface area contributed by atoms with Gasteiger partial charge in [0.25, 0.3) is 5.56 Å². The minimum atomic E-state index is -0.467.